The first kappa shape index (κ1) is 11.2. The fourth-order valence-electron chi connectivity index (χ4n) is 1.67. The van der Waals surface area contributed by atoms with Gasteiger partial charge in [0.2, 0.25) is 5.91 Å². The van der Waals surface area contributed by atoms with Crippen LogP contribution in [-0.4, -0.2) is 23.0 Å². The number of hydrogen-bond acceptors (Lipinski definition) is 3. The summed E-state index contributed by atoms with van der Waals surface area (Å²) in [6.07, 6.45) is 4.25. The topological polar surface area (TPSA) is 90.2 Å². The van der Waals surface area contributed by atoms with Crippen molar-refractivity contribution in [3.8, 4) is 6.07 Å². The lowest BCUT2D eigenvalue weighted by atomic mass is 10.1. The van der Waals surface area contributed by atoms with Crippen LogP contribution in [0.3, 0.4) is 0 Å². The van der Waals surface area contributed by atoms with E-state index in [1.165, 1.54) is 0 Å². The number of carboxylic acid groups (broad SMARTS) is 1. The number of nitrogens with one attached hydrogen (secondary N) is 1. The lowest BCUT2D eigenvalue weighted by molar-refractivity contribution is -0.131. The fourth-order valence-corrected chi connectivity index (χ4v) is 1.67. The van der Waals surface area contributed by atoms with Crippen molar-refractivity contribution in [2.45, 2.75) is 25.3 Å². The molecule has 1 fully saturated rings. The van der Waals surface area contributed by atoms with Crippen molar-refractivity contribution in [3.05, 3.63) is 12.2 Å². The molecular formula is C10H12N2O3. The lowest BCUT2D eigenvalue weighted by Crippen LogP contribution is -2.35. The second-order valence-electron chi connectivity index (χ2n) is 3.45. The van der Waals surface area contributed by atoms with Crippen LogP contribution in [0.1, 0.15) is 19.3 Å². The molecule has 15 heavy (non-hydrogen) atoms. The number of carbonyl (C=O) groups excluding carboxylic acids is 1. The third kappa shape index (κ3) is 3.43. The molecule has 0 saturated heterocycles. The molecule has 2 atom stereocenters. The highest BCUT2D eigenvalue weighted by atomic mass is 16.4. The number of hydrogen-bond donors (Lipinski definition) is 2. The van der Waals surface area contributed by atoms with Crippen LogP contribution in [0.15, 0.2) is 12.2 Å². The summed E-state index contributed by atoms with van der Waals surface area (Å²) in [5.74, 6) is -1.76. The quantitative estimate of drug-likeness (QED) is 0.658. The molecule has 0 aliphatic heterocycles. The Morgan fingerprint density at radius 1 is 1.40 bits per heavy atom. The predicted molar refractivity (Wildman–Crippen MR) is 51.7 cm³/mol. The van der Waals surface area contributed by atoms with Gasteiger partial charge in [-0.1, -0.05) is 0 Å². The van der Waals surface area contributed by atoms with E-state index in [-0.39, 0.29) is 12.0 Å². The van der Waals surface area contributed by atoms with Crippen LogP contribution in [0.25, 0.3) is 0 Å². The third-order valence-corrected chi connectivity index (χ3v) is 2.39. The van der Waals surface area contributed by atoms with Gasteiger partial charge in [0, 0.05) is 18.2 Å². The molecule has 0 bridgehead atoms. The Balaban J connectivity index is 2.45. The summed E-state index contributed by atoms with van der Waals surface area (Å²) in [4.78, 5) is 21.3. The molecule has 1 aliphatic rings. The van der Waals surface area contributed by atoms with Crippen LogP contribution < -0.4 is 5.32 Å². The Kier molecular flexibility index (Phi) is 3.86. The summed E-state index contributed by atoms with van der Waals surface area (Å²) >= 11 is 0. The molecule has 1 saturated carbocycles. The van der Waals surface area contributed by atoms with Crippen molar-refractivity contribution in [1.82, 2.24) is 5.32 Å². The third-order valence-electron chi connectivity index (χ3n) is 2.39. The highest BCUT2D eigenvalue weighted by Crippen LogP contribution is 2.24. The Hall–Kier alpha value is -1.83. The fraction of sp³-hybridized carbons (Fsp3) is 0.500. The predicted octanol–water partition coefficient (Wildman–Crippen LogP) is 0.436. The maximum absolute atomic E-state index is 11.2. The van der Waals surface area contributed by atoms with Crippen LogP contribution in [0.2, 0.25) is 0 Å². The molecule has 5 heteroatoms. The van der Waals surface area contributed by atoms with Crippen LogP contribution in [0.4, 0.5) is 0 Å². The number of nitriles is 1. The van der Waals surface area contributed by atoms with Gasteiger partial charge in [0.05, 0.1) is 12.0 Å². The van der Waals surface area contributed by atoms with Crippen LogP contribution >= 0.6 is 0 Å². The van der Waals surface area contributed by atoms with Gasteiger partial charge in [-0.25, -0.2) is 4.79 Å². The number of rotatable bonds is 3. The summed E-state index contributed by atoms with van der Waals surface area (Å²) in [6, 6.07) is 1.99. The molecule has 1 rings (SSSR count). The summed E-state index contributed by atoms with van der Waals surface area (Å²) in [7, 11) is 0. The molecule has 0 heterocycles. The summed E-state index contributed by atoms with van der Waals surface area (Å²) < 4.78 is 0. The van der Waals surface area contributed by atoms with E-state index >= 15 is 0 Å². The molecule has 1 aliphatic carbocycles. The highest BCUT2D eigenvalue weighted by molar-refractivity contribution is 5.94. The zero-order chi connectivity index (χ0) is 11.3. The molecule has 0 aromatic carbocycles. The van der Waals surface area contributed by atoms with Gasteiger partial charge in [0.1, 0.15) is 0 Å². The first-order chi connectivity index (χ1) is 7.13. The van der Waals surface area contributed by atoms with Gasteiger partial charge in [-0.3, -0.25) is 4.79 Å². The van der Waals surface area contributed by atoms with Crippen LogP contribution in [0, 0.1) is 17.2 Å². The van der Waals surface area contributed by atoms with Crippen molar-refractivity contribution in [3.63, 3.8) is 0 Å². The second-order valence-corrected chi connectivity index (χ2v) is 3.45. The molecule has 5 nitrogen and oxygen atoms in total. The number of carboxylic acids is 1. The maximum atomic E-state index is 11.2. The summed E-state index contributed by atoms with van der Waals surface area (Å²) in [6.45, 7) is 0. The summed E-state index contributed by atoms with van der Waals surface area (Å²) in [5.41, 5.74) is 0. The normalized spacial score (nSPS) is 25.0. The minimum Gasteiger partial charge on any atom is -0.478 e. The highest BCUT2D eigenvalue weighted by Gasteiger charge is 2.27. The largest absolute Gasteiger partial charge is 0.478 e. The second kappa shape index (κ2) is 5.15. The lowest BCUT2D eigenvalue weighted by Gasteiger charge is -2.13. The molecule has 2 N–H and O–H groups in total. The summed E-state index contributed by atoms with van der Waals surface area (Å²) in [5, 5.41) is 19.7. The molecule has 0 aromatic rings. The van der Waals surface area contributed by atoms with Gasteiger partial charge in [-0.2, -0.15) is 5.26 Å². The van der Waals surface area contributed by atoms with E-state index in [1.54, 1.807) is 0 Å². The van der Waals surface area contributed by atoms with E-state index in [9.17, 15) is 9.59 Å². The molecule has 0 spiro atoms. The molecule has 0 aromatic heterocycles. The Labute approximate surface area is 87.4 Å². The van der Waals surface area contributed by atoms with E-state index in [0.717, 1.165) is 31.4 Å². The van der Waals surface area contributed by atoms with Gasteiger partial charge in [-0.15, -0.1) is 0 Å². The first-order valence-electron chi connectivity index (χ1n) is 4.74. The van der Waals surface area contributed by atoms with Crippen molar-refractivity contribution in [1.29, 1.82) is 5.26 Å². The van der Waals surface area contributed by atoms with Crippen molar-refractivity contribution >= 4 is 11.9 Å². The maximum Gasteiger partial charge on any atom is 0.328 e. The zero-order valence-electron chi connectivity index (χ0n) is 8.14. The average molecular weight is 208 g/mol. The van der Waals surface area contributed by atoms with E-state index < -0.39 is 11.9 Å². The van der Waals surface area contributed by atoms with Gasteiger partial charge in [0.15, 0.2) is 0 Å². The number of nitrogens with zero attached hydrogens (tertiary/aromatic N) is 1. The van der Waals surface area contributed by atoms with E-state index in [2.05, 4.69) is 11.4 Å². The van der Waals surface area contributed by atoms with E-state index in [1.807, 2.05) is 0 Å². The Bertz CT molecular complexity index is 330. The van der Waals surface area contributed by atoms with E-state index in [4.69, 9.17) is 10.4 Å². The van der Waals surface area contributed by atoms with Crippen molar-refractivity contribution < 1.29 is 14.7 Å². The monoisotopic (exact) mass is 208 g/mol. The van der Waals surface area contributed by atoms with Gasteiger partial charge in [-0.05, 0) is 19.3 Å². The van der Waals surface area contributed by atoms with E-state index in [0.29, 0.717) is 0 Å². The van der Waals surface area contributed by atoms with Crippen LogP contribution in [0.5, 0.6) is 0 Å². The van der Waals surface area contributed by atoms with Crippen molar-refractivity contribution in [2.24, 2.45) is 5.92 Å². The molecular weight excluding hydrogens is 196 g/mol. The van der Waals surface area contributed by atoms with Gasteiger partial charge in [0.25, 0.3) is 0 Å². The number of amides is 1. The number of aliphatic carboxylic acids is 1. The van der Waals surface area contributed by atoms with Crippen LogP contribution in [-0.2, 0) is 9.59 Å². The average Bonchev–Trinajstić information content (AvgIpc) is 2.62. The molecule has 1 amide bonds. The molecule has 2 unspecified atom stereocenters. The standard InChI is InChI=1S/C10H12N2O3/c11-6-7-2-1-3-8(7)12-9(13)4-5-10(14)15/h4-5,7-8H,1-3H2,(H,12,13)(H,14,15)/b5-4+. The molecule has 0 radical (unpaired) electrons. The van der Waals surface area contributed by atoms with Crippen molar-refractivity contribution in [2.75, 3.05) is 0 Å². The van der Waals surface area contributed by atoms with Gasteiger partial charge >= 0.3 is 5.97 Å². The number of carbonyl (C=O) groups is 2. The minimum atomic E-state index is -1.16. The minimum absolute atomic E-state index is 0.138. The Morgan fingerprint density at radius 3 is 2.73 bits per heavy atom. The smallest absolute Gasteiger partial charge is 0.328 e. The first-order valence-corrected chi connectivity index (χ1v) is 4.74. The Morgan fingerprint density at radius 2 is 2.13 bits per heavy atom. The molecule has 80 valence electrons. The zero-order valence-corrected chi connectivity index (χ0v) is 8.14. The SMILES string of the molecule is N#CC1CCCC1NC(=O)/C=C/C(=O)O. The van der Waals surface area contributed by atoms with Gasteiger partial charge < -0.3 is 10.4 Å².